The highest BCUT2D eigenvalue weighted by molar-refractivity contribution is 5.81. The fraction of sp³-hybridized carbons (Fsp3) is 0.562. The first-order valence-corrected chi connectivity index (χ1v) is 7.53. The van der Waals surface area contributed by atoms with Crippen molar-refractivity contribution in [2.45, 2.75) is 12.8 Å². The normalized spacial score (nSPS) is 23.9. The molecular formula is C16H23N3O. The van der Waals surface area contributed by atoms with Crippen LogP contribution in [0.5, 0.6) is 0 Å². The van der Waals surface area contributed by atoms with Crippen LogP contribution >= 0.6 is 0 Å². The molecule has 3 rings (SSSR count). The average molecular weight is 273 g/mol. The molecule has 2 saturated heterocycles. The molecule has 2 aliphatic rings. The lowest BCUT2D eigenvalue weighted by Crippen LogP contribution is -2.44. The molecule has 2 aliphatic heterocycles. The van der Waals surface area contributed by atoms with Crippen molar-refractivity contribution < 1.29 is 4.79 Å². The standard InChI is InChI=1S/C16H23N3O/c1-18-8-10-19(11-9-18)15-5-3-2-4-13(15)12-14-6-7-17-16(14)20/h2-5,14H,6-12H2,1H3,(H,17,20). The van der Waals surface area contributed by atoms with Crippen LogP contribution in [0.3, 0.4) is 0 Å². The van der Waals surface area contributed by atoms with Gasteiger partial charge in [0, 0.05) is 44.3 Å². The van der Waals surface area contributed by atoms with Crippen LogP contribution < -0.4 is 10.2 Å². The monoisotopic (exact) mass is 273 g/mol. The van der Waals surface area contributed by atoms with E-state index in [1.54, 1.807) is 0 Å². The number of carbonyl (C=O) groups is 1. The molecule has 20 heavy (non-hydrogen) atoms. The summed E-state index contributed by atoms with van der Waals surface area (Å²) in [6, 6.07) is 8.57. The Bertz CT molecular complexity index is 480. The third kappa shape index (κ3) is 2.80. The lowest BCUT2D eigenvalue weighted by molar-refractivity contribution is -0.122. The van der Waals surface area contributed by atoms with Crippen LogP contribution in [0, 0.1) is 5.92 Å². The van der Waals surface area contributed by atoms with Crippen molar-refractivity contribution in [3.8, 4) is 0 Å². The van der Waals surface area contributed by atoms with Gasteiger partial charge < -0.3 is 15.1 Å². The second-order valence-electron chi connectivity index (χ2n) is 5.90. The Hall–Kier alpha value is -1.55. The number of carbonyl (C=O) groups excluding carboxylic acids is 1. The van der Waals surface area contributed by atoms with Crippen molar-refractivity contribution in [3.05, 3.63) is 29.8 Å². The molecule has 1 N–H and O–H groups in total. The predicted molar refractivity (Wildman–Crippen MR) is 81.0 cm³/mol. The Morgan fingerprint density at radius 1 is 1.20 bits per heavy atom. The van der Waals surface area contributed by atoms with Gasteiger partial charge in [-0.15, -0.1) is 0 Å². The molecule has 1 unspecified atom stereocenters. The van der Waals surface area contributed by atoms with Crippen LogP contribution in [0.2, 0.25) is 0 Å². The van der Waals surface area contributed by atoms with Gasteiger partial charge in [0.15, 0.2) is 0 Å². The zero-order chi connectivity index (χ0) is 13.9. The van der Waals surface area contributed by atoms with Crippen molar-refractivity contribution in [2.24, 2.45) is 5.92 Å². The number of benzene rings is 1. The van der Waals surface area contributed by atoms with Gasteiger partial charge in [-0.3, -0.25) is 4.79 Å². The van der Waals surface area contributed by atoms with Crippen molar-refractivity contribution in [3.63, 3.8) is 0 Å². The molecule has 0 radical (unpaired) electrons. The van der Waals surface area contributed by atoms with Crippen LogP contribution in [0.1, 0.15) is 12.0 Å². The number of nitrogens with zero attached hydrogens (tertiary/aromatic N) is 2. The summed E-state index contributed by atoms with van der Waals surface area (Å²) in [7, 11) is 2.17. The Balaban J connectivity index is 1.76. The number of anilines is 1. The molecular weight excluding hydrogens is 250 g/mol. The van der Waals surface area contributed by atoms with E-state index < -0.39 is 0 Å². The minimum atomic E-state index is 0.156. The van der Waals surface area contributed by atoms with Gasteiger partial charge in [0.05, 0.1) is 0 Å². The van der Waals surface area contributed by atoms with E-state index >= 15 is 0 Å². The lowest BCUT2D eigenvalue weighted by Gasteiger charge is -2.35. The van der Waals surface area contributed by atoms with E-state index in [4.69, 9.17) is 0 Å². The van der Waals surface area contributed by atoms with Crippen LogP contribution in [-0.4, -0.2) is 50.6 Å². The average Bonchev–Trinajstić information content (AvgIpc) is 2.86. The van der Waals surface area contributed by atoms with Gasteiger partial charge in [-0.2, -0.15) is 0 Å². The highest BCUT2D eigenvalue weighted by atomic mass is 16.2. The minimum absolute atomic E-state index is 0.156. The number of amides is 1. The van der Waals surface area contributed by atoms with E-state index in [0.717, 1.165) is 45.6 Å². The fourth-order valence-electron chi connectivity index (χ4n) is 3.14. The molecule has 0 spiro atoms. The van der Waals surface area contributed by atoms with Crippen molar-refractivity contribution in [1.82, 2.24) is 10.2 Å². The fourth-order valence-corrected chi connectivity index (χ4v) is 3.14. The predicted octanol–water partition coefficient (Wildman–Crippen LogP) is 1.12. The number of rotatable bonds is 3. The number of hydrogen-bond acceptors (Lipinski definition) is 3. The van der Waals surface area contributed by atoms with Gasteiger partial charge in [0.25, 0.3) is 0 Å². The van der Waals surface area contributed by atoms with E-state index in [0.29, 0.717) is 0 Å². The van der Waals surface area contributed by atoms with Gasteiger partial charge in [0.2, 0.25) is 5.91 Å². The summed E-state index contributed by atoms with van der Waals surface area (Å²) >= 11 is 0. The molecule has 2 heterocycles. The molecule has 1 amide bonds. The summed E-state index contributed by atoms with van der Waals surface area (Å²) in [4.78, 5) is 16.6. The number of piperazine rings is 1. The zero-order valence-corrected chi connectivity index (χ0v) is 12.1. The summed E-state index contributed by atoms with van der Waals surface area (Å²) in [5, 5.41) is 2.94. The molecule has 0 saturated carbocycles. The highest BCUT2D eigenvalue weighted by Crippen LogP contribution is 2.26. The third-order valence-electron chi connectivity index (χ3n) is 4.46. The van der Waals surface area contributed by atoms with Crippen molar-refractivity contribution in [2.75, 3.05) is 44.7 Å². The molecule has 0 aromatic heterocycles. The van der Waals surface area contributed by atoms with Gasteiger partial charge in [-0.1, -0.05) is 18.2 Å². The smallest absolute Gasteiger partial charge is 0.223 e. The van der Waals surface area contributed by atoms with Crippen molar-refractivity contribution >= 4 is 11.6 Å². The first-order chi connectivity index (χ1) is 9.74. The Morgan fingerprint density at radius 3 is 2.65 bits per heavy atom. The minimum Gasteiger partial charge on any atom is -0.369 e. The van der Waals surface area contributed by atoms with Crippen LogP contribution in [-0.2, 0) is 11.2 Å². The molecule has 1 aromatic carbocycles. The zero-order valence-electron chi connectivity index (χ0n) is 12.1. The first-order valence-electron chi connectivity index (χ1n) is 7.53. The third-order valence-corrected chi connectivity index (χ3v) is 4.46. The Kier molecular flexibility index (Phi) is 3.92. The Morgan fingerprint density at radius 2 is 1.95 bits per heavy atom. The summed E-state index contributed by atoms with van der Waals surface area (Å²) in [5.41, 5.74) is 2.64. The van der Waals surface area contributed by atoms with Crippen LogP contribution in [0.25, 0.3) is 0 Å². The molecule has 1 atom stereocenters. The van der Waals surface area contributed by atoms with Crippen LogP contribution in [0.4, 0.5) is 5.69 Å². The number of nitrogens with one attached hydrogen (secondary N) is 1. The SMILES string of the molecule is CN1CCN(c2ccccc2CC2CCNC2=O)CC1. The summed E-state index contributed by atoms with van der Waals surface area (Å²) < 4.78 is 0. The molecule has 108 valence electrons. The number of hydrogen-bond donors (Lipinski definition) is 1. The van der Waals surface area contributed by atoms with E-state index in [2.05, 4.69) is 46.4 Å². The number of para-hydroxylation sites is 1. The maximum atomic E-state index is 11.8. The highest BCUT2D eigenvalue weighted by Gasteiger charge is 2.26. The maximum Gasteiger partial charge on any atom is 0.223 e. The lowest BCUT2D eigenvalue weighted by atomic mass is 9.96. The van der Waals surface area contributed by atoms with Gasteiger partial charge in [-0.25, -0.2) is 0 Å². The topological polar surface area (TPSA) is 35.6 Å². The van der Waals surface area contributed by atoms with Gasteiger partial charge in [-0.05, 0) is 31.5 Å². The Labute approximate surface area is 120 Å². The van der Waals surface area contributed by atoms with E-state index in [1.807, 2.05) is 0 Å². The molecule has 4 heteroatoms. The van der Waals surface area contributed by atoms with E-state index in [1.165, 1.54) is 11.3 Å². The van der Waals surface area contributed by atoms with E-state index in [-0.39, 0.29) is 11.8 Å². The summed E-state index contributed by atoms with van der Waals surface area (Å²) in [6.07, 6.45) is 1.84. The van der Waals surface area contributed by atoms with Gasteiger partial charge in [0.1, 0.15) is 0 Å². The quantitative estimate of drug-likeness (QED) is 0.896. The maximum absolute atomic E-state index is 11.8. The first kappa shape index (κ1) is 13.4. The van der Waals surface area contributed by atoms with Crippen LogP contribution in [0.15, 0.2) is 24.3 Å². The van der Waals surface area contributed by atoms with Crippen molar-refractivity contribution in [1.29, 1.82) is 0 Å². The molecule has 0 aliphatic carbocycles. The molecule has 0 bridgehead atoms. The number of likely N-dealkylation sites (N-methyl/N-ethyl adjacent to an activating group) is 1. The van der Waals surface area contributed by atoms with E-state index in [9.17, 15) is 4.79 Å². The summed E-state index contributed by atoms with van der Waals surface area (Å²) in [6.45, 7) is 5.20. The van der Waals surface area contributed by atoms with Gasteiger partial charge >= 0.3 is 0 Å². The molecule has 2 fully saturated rings. The largest absolute Gasteiger partial charge is 0.369 e. The molecule has 4 nitrogen and oxygen atoms in total. The second-order valence-corrected chi connectivity index (χ2v) is 5.90. The second kappa shape index (κ2) is 5.83. The molecule has 1 aromatic rings. The summed E-state index contributed by atoms with van der Waals surface area (Å²) in [5.74, 6) is 0.377.